The number of hydrogen-bond acceptors (Lipinski definition) is 6. The summed E-state index contributed by atoms with van der Waals surface area (Å²) in [7, 11) is 2.13. The van der Waals surface area contributed by atoms with Crippen molar-refractivity contribution in [3.8, 4) is 0 Å². The summed E-state index contributed by atoms with van der Waals surface area (Å²) in [4.78, 5) is 17.0. The zero-order chi connectivity index (χ0) is 17.7. The molecule has 1 unspecified atom stereocenters. The van der Waals surface area contributed by atoms with Crippen LogP contribution in [0.25, 0.3) is 0 Å². The molecular weight excluding hydrogens is 320 g/mol. The molecule has 0 aliphatic carbocycles. The van der Waals surface area contributed by atoms with Crippen LogP contribution in [0.3, 0.4) is 0 Å². The second-order valence-corrected chi connectivity index (χ2v) is 7.36. The highest BCUT2D eigenvalue weighted by Crippen LogP contribution is 2.19. The first-order chi connectivity index (χ1) is 12.0. The first kappa shape index (κ1) is 18.4. The topological polar surface area (TPSA) is 81.0 Å². The van der Waals surface area contributed by atoms with E-state index in [-0.39, 0.29) is 12.5 Å². The van der Waals surface area contributed by atoms with Crippen LogP contribution < -0.4 is 10.6 Å². The number of furan rings is 1. The molecule has 2 fully saturated rings. The Labute approximate surface area is 149 Å². The van der Waals surface area contributed by atoms with Gasteiger partial charge in [-0.2, -0.15) is 0 Å². The van der Waals surface area contributed by atoms with Gasteiger partial charge < -0.3 is 25.1 Å². The predicted octanol–water partition coefficient (Wildman–Crippen LogP) is 0.261. The first-order valence-electron chi connectivity index (χ1n) is 9.25. The van der Waals surface area contributed by atoms with Gasteiger partial charge in [0.25, 0.3) is 5.91 Å². The maximum atomic E-state index is 12.3. The third-order valence-corrected chi connectivity index (χ3v) is 5.20. The highest BCUT2D eigenvalue weighted by Gasteiger charge is 2.29. The summed E-state index contributed by atoms with van der Waals surface area (Å²) in [5, 5.41) is 16.7. The van der Waals surface area contributed by atoms with Crippen LogP contribution in [0, 0.1) is 0 Å². The van der Waals surface area contributed by atoms with Crippen molar-refractivity contribution in [3.05, 3.63) is 23.7 Å². The Morgan fingerprint density at radius 3 is 2.88 bits per heavy atom. The SMILES string of the molecule is CN1CCN(Cc2ccc(C(=O)NCC3(O)CCCNCC3)o2)CC1. The third kappa shape index (κ3) is 5.28. The standard InChI is InChI=1S/C18H30N4O3/c1-21-9-11-22(12-10-21)13-15-3-4-16(25-15)17(23)20-14-18(24)5-2-7-19-8-6-18/h3-4,19,24H,2,5-14H2,1H3,(H,20,23). The summed E-state index contributed by atoms with van der Waals surface area (Å²) in [5.74, 6) is 0.877. The minimum atomic E-state index is -0.825. The fraction of sp³-hybridized carbons (Fsp3) is 0.722. The summed E-state index contributed by atoms with van der Waals surface area (Å²) >= 11 is 0. The molecule has 140 valence electrons. The van der Waals surface area contributed by atoms with Crippen molar-refractivity contribution in [1.82, 2.24) is 20.4 Å². The number of piperazine rings is 1. The quantitative estimate of drug-likeness (QED) is 0.707. The van der Waals surface area contributed by atoms with E-state index in [4.69, 9.17) is 4.42 Å². The molecule has 1 aromatic rings. The lowest BCUT2D eigenvalue weighted by atomic mass is 9.95. The number of aliphatic hydroxyl groups is 1. The van der Waals surface area contributed by atoms with Crippen molar-refractivity contribution >= 4 is 5.91 Å². The Bertz CT molecular complexity index is 558. The van der Waals surface area contributed by atoms with Crippen LogP contribution in [0.4, 0.5) is 0 Å². The number of carbonyl (C=O) groups is 1. The Morgan fingerprint density at radius 2 is 2.08 bits per heavy atom. The van der Waals surface area contributed by atoms with Crippen molar-refractivity contribution < 1.29 is 14.3 Å². The van der Waals surface area contributed by atoms with E-state index in [1.807, 2.05) is 6.07 Å². The average molecular weight is 350 g/mol. The number of amides is 1. The molecule has 1 aromatic heterocycles. The lowest BCUT2D eigenvalue weighted by Gasteiger charge is -2.31. The minimum absolute atomic E-state index is 0.254. The zero-order valence-electron chi connectivity index (χ0n) is 15.1. The van der Waals surface area contributed by atoms with Gasteiger partial charge in [0.1, 0.15) is 5.76 Å². The van der Waals surface area contributed by atoms with E-state index in [9.17, 15) is 9.90 Å². The lowest BCUT2D eigenvalue weighted by molar-refractivity contribution is 0.0271. The van der Waals surface area contributed by atoms with E-state index in [0.29, 0.717) is 18.6 Å². The van der Waals surface area contributed by atoms with Crippen molar-refractivity contribution in [1.29, 1.82) is 0 Å². The van der Waals surface area contributed by atoms with Gasteiger partial charge in [-0.3, -0.25) is 9.69 Å². The van der Waals surface area contributed by atoms with Crippen LogP contribution in [0.15, 0.2) is 16.5 Å². The maximum Gasteiger partial charge on any atom is 0.287 e. The number of hydrogen-bond donors (Lipinski definition) is 3. The Morgan fingerprint density at radius 1 is 1.28 bits per heavy atom. The smallest absolute Gasteiger partial charge is 0.287 e. The second kappa shape index (κ2) is 8.31. The molecule has 0 aromatic carbocycles. The molecule has 2 aliphatic rings. The molecule has 0 radical (unpaired) electrons. The van der Waals surface area contributed by atoms with Crippen molar-refractivity contribution in [2.45, 2.75) is 31.4 Å². The van der Waals surface area contributed by atoms with Gasteiger partial charge in [-0.1, -0.05) is 0 Å². The number of likely N-dealkylation sites (N-methyl/N-ethyl adjacent to an activating group) is 1. The largest absolute Gasteiger partial charge is 0.455 e. The molecule has 25 heavy (non-hydrogen) atoms. The fourth-order valence-electron chi connectivity index (χ4n) is 3.43. The molecule has 0 saturated carbocycles. The summed E-state index contributed by atoms with van der Waals surface area (Å²) in [6.45, 7) is 6.84. The summed E-state index contributed by atoms with van der Waals surface area (Å²) in [6, 6.07) is 3.59. The first-order valence-corrected chi connectivity index (χ1v) is 9.25. The van der Waals surface area contributed by atoms with Crippen LogP contribution in [-0.2, 0) is 6.54 Å². The van der Waals surface area contributed by atoms with Crippen molar-refractivity contribution in [2.24, 2.45) is 0 Å². The highest BCUT2D eigenvalue weighted by molar-refractivity contribution is 5.91. The Hall–Kier alpha value is -1.41. The van der Waals surface area contributed by atoms with Gasteiger partial charge >= 0.3 is 0 Å². The van der Waals surface area contributed by atoms with E-state index < -0.39 is 5.60 Å². The molecule has 3 heterocycles. The van der Waals surface area contributed by atoms with E-state index in [1.165, 1.54) is 0 Å². The van der Waals surface area contributed by atoms with Crippen LogP contribution in [0.5, 0.6) is 0 Å². The zero-order valence-corrected chi connectivity index (χ0v) is 15.1. The molecule has 2 saturated heterocycles. The van der Waals surface area contributed by atoms with Gasteiger partial charge in [0.05, 0.1) is 12.1 Å². The average Bonchev–Trinajstić information content (AvgIpc) is 2.96. The number of carbonyl (C=O) groups excluding carboxylic acids is 1. The van der Waals surface area contributed by atoms with Gasteiger partial charge in [-0.25, -0.2) is 0 Å². The summed E-state index contributed by atoms with van der Waals surface area (Å²) in [6.07, 6.45) is 2.27. The monoisotopic (exact) mass is 350 g/mol. The van der Waals surface area contributed by atoms with Crippen molar-refractivity contribution in [2.75, 3.05) is 52.9 Å². The van der Waals surface area contributed by atoms with Crippen LogP contribution in [-0.4, -0.2) is 79.3 Å². The van der Waals surface area contributed by atoms with E-state index in [1.54, 1.807) is 6.07 Å². The van der Waals surface area contributed by atoms with Crippen LogP contribution in [0.2, 0.25) is 0 Å². The van der Waals surface area contributed by atoms with Crippen LogP contribution >= 0.6 is 0 Å². The van der Waals surface area contributed by atoms with Gasteiger partial charge in [0.2, 0.25) is 0 Å². The second-order valence-electron chi connectivity index (χ2n) is 7.36. The Kier molecular flexibility index (Phi) is 6.11. The number of nitrogens with one attached hydrogen (secondary N) is 2. The van der Waals surface area contributed by atoms with E-state index in [2.05, 4.69) is 27.5 Å². The molecule has 3 rings (SSSR count). The van der Waals surface area contributed by atoms with Crippen LogP contribution in [0.1, 0.15) is 35.6 Å². The summed E-state index contributed by atoms with van der Waals surface area (Å²) in [5.41, 5.74) is -0.825. The molecule has 7 nitrogen and oxygen atoms in total. The van der Waals surface area contributed by atoms with Crippen molar-refractivity contribution in [3.63, 3.8) is 0 Å². The normalized spacial score (nSPS) is 26.3. The van der Waals surface area contributed by atoms with Gasteiger partial charge in [-0.05, 0) is 51.5 Å². The Balaban J connectivity index is 1.48. The molecule has 1 amide bonds. The molecule has 3 N–H and O–H groups in total. The molecular formula is C18H30N4O3. The van der Waals surface area contributed by atoms with E-state index >= 15 is 0 Å². The molecule has 7 heteroatoms. The fourth-order valence-corrected chi connectivity index (χ4v) is 3.43. The van der Waals surface area contributed by atoms with E-state index in [0.717, 1.165) is 58.0 Å². The number of rotatable bonds is 5. The molecule has 1 atom stereocenters. The molecule has 0 bridgehead atoms. The predicted molar refractivity (Wildman–Crippen MR) is 95.5 cm³/mol. The molecule has 0 spiro atoms. The highest BCUT2D eigenvalue weighted by atomic mass is 16.4. The van der Waals surface area contributed by atoms with Gasteiger partial charge in [0, 0.05) is 32.7 Å². The minimum Gasteiger partial charge on any atom is -0.455 e. The number of nitrogens with zero attached hydrogens (tertiary/aromatic N) is 2. The molecule has 2 aliphatic heterocycles. The maximum absolute atomic E-state index is 12.3. The third-order valence-electron chi connectivity index (χ3n) is 5.20. The van der Waals surface area contributed by atoms with Gasteiger partial charge in [-0.15, -0.1) is 0 Å². The van der Waals surface area contributed by atoms with Gasteiger partial charge in [0.15, 0.2) is 5.76 Å². The lowest BCUT2D eigenvalue weighted by Crippen LogP contribution is -2.43. The summed E-state index contributed by atoms with van der Waals surface area (Å²) < 4.78 is 5.71.